The lowest BCUT2D eigenvalue weighted by Crippen LogP contribution is -2.34. The zero-order valence-corrected chi connectivity index (χ0v) is 18.9. The van der Waals surface area contributed by atoms with Crippen LogP contribution in [0.25, 0.3) is 0 Å². The molecule has 0 aromatic carbocycles. The molecule has 10 nitrogen and oxygen atoms in total. The number of aromatic amines is 1. The number of nitrogens with zero attached hydrogens (tertiary/aromatic N) is 2. The summed E-state index contributed by atoms with van der Waals surface area (Å²) in [5.74, 6) is 0. The summed E-state index contributed by atoms with van der Waals surface area (Å²) in [6, 6.07) is 0. The van der Waals surface area contributed by atoms with Crippen molar-refractivity contribution in [1.29, 1.82) is 0 Å². The molecule has 1 aromatic rings. The van der Waals surface area contributed by atoms with E-state index in [-0.39, 0.29) is 17.8 Å². The molecule has 1 saturated heterocycles. The van der Waals surface area contributed by atoms with E-state index in [0.29, 0.717) is 38.1 Å². The van der Waals surface area contributed by atoms with Crippen molar-refractivity contribution in [3.05, 3.63) is 32.6 Å². The van der Waals surface area contributed by atoms with Crippen LogP contribution >= 0.6 is 0 Å². The smallest absolute Gasteiger partial charge is 0.330 e. The zero-order valence-electron chi connectivity index (χ0n) is 18.9. The van der Waals surface area contributed by atoms with Gasteiger partial charge in [0.15, 0.2) is 0 Å². The third-order valence-corrected chi connectivity index (χ3v) is 5.69. The van der Waals surface area contributed by atoms with Crippen LogP contribution in [0.1, 0.15) is 43.9 Å². The first-order chi connectivity index (χ1) is 15.0. The summed E-state index contributed by atoms with van der Waals surface area (Å²) in [6.45, 7) is 4.60. The number of ether oxygens (including phenoxy) is 3. The van der Waals surface area contributed by atoms with Gasteiger partial charge in [0.1, 0.15) is 12.3 Å². The van der Waals surface area contributed by atoms with Gasteiger partial charge < -0.3 is 30.6 Å². The summed E-state index contributed by atoms with van der Waals surface area (Å²) in [7, 11) is 3.21. The third-order valence-electron chi connectivity index (χ3n) is 5.69. The van der Waals surface area contributed by atoms with Gasteiger partial charge in [0.25, 0.3) is 5.56 Å². The van der Waals surface area contributed by atoms with Gasteiger partial charge in [-0.05, 0) is 64.8 Å². The molecular weight excluding hydrogens is 402 g/mol. The summed E-state index contributed by atoms with van der Waals surface area (Å²) >= 11 is 0. The average Bonchev–Trinajstić information content (AvgIpc) is 3.16. The second-order valence-corrected chi connectivity index (χ2v) is 8.00. The summed E-state index contributed by atoms with van der Waals surface area (Å²) in [5.41, 5.74) is 11.0. The molecule has 1 fully saturated rings. The average molecular weight is 442 g/mol. The number of unbranched alkanes of at least 4 members (excludes halogenated alkanes) is 1. The Hall–Kier alpha value is -1.56. The molecule has 0 unspecified atom stereocenters. The van der Waals surface area contributed by atoms with Gasteiger partial charge in [0, 0.05) is 32.4 Å². The van der Waals surface area contributed by atoms with Crippen molar-refractivity contribution < 1.29 is 14.2 Å². The van der Waals surface area contributed by atoms with Crippen LogP contribution in [0.2, 0.25) is 0 Å². The minimum Gasteiger partial charge on any atom is -0.382 e. The zero-order chi connectivity index (χ0) is 22.6. The molecule has 10 heteroatoms. The van der Waals surface area contributed by atoms with Crippen LogP contribution in [0.4, 0.5) is 0 Å². The topological polar surface area (TPSA) is 138 Å². The van der Waals surface area contributed by atoms with Gasteiger partial charge in [0.2, 0.25) is 0 Å². The van der Waals surface area contributed by atoms with E-state index < -0.39 is 11.9 Å². The number of aryl methyl sites for hydroxylation is 1. The molecule has 0 amide bonds. The second kappa shape index (κ2) is 13.8. The normalized spacial score (nSPS) is 21.3. The molecule has 0 spiro atoms. The Labute approximate surface area is 183 Å². The highest BCUT2D eigenvalue weighted by molar-refractivity contribution is 5.05. The molecule has 2 heterocycles. The molecular formula is C21H39N5O5. The number of nitrogens with one attached hydrogen (secondary N) is 1. The first kappa shape index (κ1) is 25.7. The third kappa shape index (κ3) is 7.81. The van der Waals surface area contributed by atoms with Gasteiger partial charge in [-0.2, -0.15) is 0 Å². The maximum atomic E-state index is 12.4. The van der Waals surface area contributed by atoms with Crippen molar-refractivity contribution in [2.45, 2.75) is 57.0 Å². The predicted molar refractivity (Wildman–Crippen MR) is 119 cm³/mol. The molecule has 1 aliphatic heterocycles. The van der Waals surface area contributed by atoms with Gasteiger partial charge >= 0.3 is 5.69 Å². The quantitative estimate of drug-likeness (QED) is 0.318. The van der Waals surface area contributed by atoms with Crippen LogP contribution in [0.15, 0.2) is 15.8 Å². The van der Waals surface area contributed by atoms with E-state index in [2.05, 4.69) is 9.88 Å². The molecule has 178 valence electrons. The molecule has 0 aliphatic carbocycles. The van der Waals surface area contributed by atoms with Gasteiger partial charge in [-0.3, -0.25) is 14.3 Å². The summed E-state index contributed by atoms with van der Waals surface area (Å²) in [4.78, 5) is 29.5. The number of hydrogen-bond donors (Lipinski definition) is 3. The Kier molecular flexibility index (Phi) is 11.4. The lowest BCUT2D eigenvalue weighted by molar-refractivity contribution is -0.0618. The van der Waals surface area contributed by atoms with E-state index in [4.69, 9.17) is 25.7 Å². The molecule has 1 aromatic heterocycles. The Bertz CT molecular complexity index is 744. The van der Waals surface area contributed by atoms with Crippen LogP contribution in [0, 0.1) is 0 Å². The number of rotatable bonds is 15. The Balaban J connectivity index is 1.97. The van der Waals surface area contributed by atoms with Crippen molar-refractivity contribution >= 4 is 0 Å². The lowest BCUT2D eigenvalue weighted by atomic mass is 10.1. The van der Waals surface area contributed by atoms with E-state index in [9.17, 15) is 9.59 Å². The fourth-order valence-corrected chi connectivity index (χ4v) is 3.97. The predicted octanol–water partition coefficient (Wildman–Crippen LogP) is -0.192. The van der Waals surface area contributed by atoms with Crippen LogP contribution in [0.3, 0.4) is 0 Å². The number of H-pyrrole nitrogens is 1. The van der Waals surface area contributed by atoms with E-state index >= 15 is 0 Å². The van der Waals surface area contributed by atoms with Gasteiger partial charge in [-0.25, -0.2) is 4.79 Å². The van der Waals surface area contributed by atoms with Gasteiger partial charge in [-0.15, -0.1) is 0 Å². The van der Waals surface area contributed by atoms with Gasteiger partial charge in [-0.1, -0.05) is 0 Å². The van der Waals surface area contributed by atoms with E-state index in [0.717, 1.165) is 45.3 Å². The van der Waals surface area contributed by atoms with Crippen molar-refractivity contribution in [3.63, 3.8) is 0 Å². The largest absolute Gasteiger partial charge is 0.382 e. The first-order valence-electron chi connectivity index (χ1n) is 11.2. The van der Waals surface area contributed by atoms with Crippen LogP contribution in [0.5, 0.6) is 0 Å². The monoisotopic (exact) mass is 441 g/mol. The second-order valence-electron chi connectivity index (χ2n) is 8.00. The Morgan fingerprint density at radius 2 is 1.81 bits per heavy atom. The standard InChI is InChI=1S/C21H39N5O5/c1-29-15-18-17(30-2)13-19(31-18)26-14-16(20(27)24-21(26)28)7-3-4-10-25(11-5-8-22)12-6-9-23/h14,17-19H,3-13,15,22-23H2,1-2H3,(H,24,27,28)/t17-,18-,19-/m1/s1. The van der Waals surface area contributed by atoms with Crippen LogP contribution in [-0.2, 0) is 20.6 Å². The highest BCUT2D eigenvalue weighted by atomic mass is 16.6. The van der Waals surface area contributed by atoms with E-state index in [1.165, 1.54) is 4.57 Å². The summed E-state index contributed by atoms with van der Waals surface area (Å²) in [6.07, 6.45) is 5.57. The fraction of sp³-hybridized carbons (Fsp3) is 0.810. The molecule has 3 atom stereocenters. The first-order valence-corrected chi connectivity index (χ1v) is 11.2. The number of nitrogens with two attached hydrogens (primary N) is 2. The number of methoxy groups -OCH3 is 2. The highest BCUT2D eigenvalue weighted by Gasteiger charge is 2.37. The molecule has 1 aliphatic rings. The maximum Gasteiger partial charge on any atom is 0.330 e. The molecule has 0 saturated carbocycles. The van der Waals surface area contributed by atoms with Crippen LogP contribution in [-0.4, -0.2) is 80.2 Å². The van der Waals surface area contributed by atoms with Gasteiger partial charge in [0.05, 0.1) is 12.7 Å². The Morgan fingerprint density at radius 3 is 2.42 bits per heavy atom. The summed E-state index contributed by atoms with van der Waals surface area (Å²) < 4.78 is 18.1. The maximum absolute atomic E-state index is 12.4. The highest BCUT2D eigenvalue weighted by Crippen LogP contribution is 2.29. The Morgan fingerprint density at radius 1 is 1.13 bits per heavy atom. The fourth-order valence-electron chi connectivity index (χ4n) is 3.97. The number of hydrogen-bond acceptors (Lipinski definition) is 8. The molecule has 0 radical (unpaired) electrons. The number of aromatic nitrogens is 2. The van der Waals surface area contributed by atoms with Crippen molar-refractivity contribution in [2.24, 2.45) is 11.5 Å². The van der Waals surface area contributed by atoms with Crippen LogP contribution < -0.4 is 22.7 Å². The molecule has 5 N–H and O–H groups in total. The van der Waals surface area contributed by atoms with Crippen molar-refractivity contribution in [3.8, 4) is 0 Å². The lowest BCUT2D eigenvalue weighted by Gasteiger charge is -2.21. The van der Waals surface area contributed by atoms with E-state index in [1.54, 1.807) is 20.4 Å². The molecule has 2 rings (SSSR count). The summed E-state index contributed by atoms with van der Waals surface area (Å²) in [5, 5.41) is 0. The van der Waals surface area contributed by atoms with Crippen molar-refractivity contribution in [1.82, 2.24) is 14.5 Å². The SMILES string of the molecule is COC[C@H]1O[C@@H](n2cc(CCCCN(CCCN)CCCN)c(=O)[nH]c2=O)C[C@H]1OC. The minimum atomic E-state index is -0.490. The van der Waals surface area contributed by atoms with E-state index in [1.807, 2.05) is 0 Å². The molecule has 0 bridgehead atoms. The van der Waals surface area contributed by atoms with Crippen molar-refractivity contribution in [2.75, 3.05) is 53.6 Å². The molecule has 31 heavy (non-hydrogen) atoms. The minimum absolute atomic E-state index is 0.166.